The fourth-order valence-electron chi connectivity index (χ4n) is 1.76. The summed E-state index contributed by atoms with van der Waals surface area (Å²) < 4.78 is 6.34. The quantitative estimate of drug-likeness (QED) is 0.455. The molecular formula is C10H19Cl2N2O2+. The van der Waals surface area contributed by atoms with Gasteiger partial charge in [-0.15, -0.1) is 0 Å². The summed E-state index contributed by atoms with van der Waals surface area (Å²) in [6.07, 6.45) is 0.933. The molecule has 0 aromatic heterocycles. The van der Waals surface area contributed by atoms with Crippen LogP contribution in [0.1, 0.15) is 6.42 Å². The van der Waals surface area contributed by atoms with E-state index in [1.807, 2.05) is 0 Å². The molecule has 1 amide bonds. The van der Waals surface area contributed by atoms with E-state index >= 15 is 0 Å². The molecule has 6 heteroatoms. The van der Waals surface area contributed by atoms with E-state index in [0.29, 0.717) is 6.54 Å². The second-order valence-corrected chi connectivity index (χ2v) is 5.44. The minimum atomic E-state index is -0.965. The molecule has 0 saturated carbocycles. The summed E-state index contributed by atoms with van der Waals surface area (Å²) in [6.45, 7) is 5.41. The zero-order chi connectivity index (χ0) is 12.0. The van der Waals surface area contributed by atoms with Gasteiger partial charge in [0, 0.05) is 13.0 Å². The number of nitrogens with zero attached hydrogens (tertiary/aromatic N) is 1. The first-order valence-electron chi connectivity index (χ1n) is 5.51. The van der Waals surface area contributed by atoms with Gasteiger partial charge in [-0.05, 0) is 0 Å². The number of rotatable bonds is 5. The molecule has 0 radical (unpaired) electrons. The normalized spacial score (nSPS) is 19.8. The van der Waals surface area contributed by atoms with Crippen LogP contribution in [0.3, 0.4) is 0 Å². The standard InChI is InChI=1S/C10H18Cl2N2O2/c1-14(5-7-16-8-6-14)4-2-3-13-10(15)9(11)12/h9H,2-8H2,1H3/p+1. The highest BCUT2D eigenvalue weighted by Crippen LogP contribution is 2.08. The highest BCUT2D eigenvalue weighted by atomic mass is 35.5. The number of carbonyl (C=O) groups excluding carboxylic acids is 1. The van der Waals surface area contributed by atoms with Crippen LogP contribution in [0.5, 0.6) is 0 Å². The van der Waals surface area contributed by atoms with Crippen LogP contribution >= 0.6 is 23.2 Å². The van der Waals surface area contributed by atoms with Crippen molar-refractivity contribution in [2.24, 2.45) is 0 Å². The molecule has 1 N–H and O–H groups in total. The Morgan fingerprint density at radius 1 is 1.44 bits per heavy atom. The molecule has 1 fully saturated rings. The molecule has 0 bridgehead atoms. The van der Waals surface area contributed by atoms with E-state index in [0.717, 1.165) is 43.8 Å². The van der Waals surface area contributed by atoms with E-state index < -0.39 is 4.84 Å². The lowest BCUT2D eigenvalue weighted by atomic mass is 10.3. The van der Waals surface area contributed by atoms with E-state index in [9.17, 15) is 4.79 Å². The van der Waals surface area contributed by atoms with Crippen LogP contribution in [0.4, 0.5) is 0 Å². The maximum Gasteiger partial charge on any atom is 0.253 e. The summed E-state index contributed by atoms with van der Waals surface area (Å²) in [5.41, 5.74) is 0. The summed E-state index contributed by atoms with van der Waals surface area (Å²) >= 11 is 10.8. The van der Waals surface area contributed by atoms with Gasteiger partial charge in [-0.25, -0.2) is 0 Å². The van der Waals surface area contributed by atoms with Crippen LogP contribution in [-0.4, -0.2) is 61.7 Å². The Hall–Kier alpha value is -0.0300. The Kier molecular flexibility index (Phi) is 5.83. The summed E-state index contributed by atoms with van der Waals surface area (Å²) in [5.74, 6) is -0.312. The lowest BCUT2D eigenvalue weighted by molar-refractivity contribution is -0.916. The Morgan fingerprint density at radius 2 is 2.06 bits per heavy atom. The van der Waals surface area contributed by atoms with Crippen molar-refractivity contribution in [1.82, 2.24) is 5.32 Å². The van der Waals surface area contributed by atoms with Crippen LogP contribution in [-0.2, 0) is 9.53 Å². The summed E-state index contributed by atoms with van der Waals surface area (Å²) in [4.78, 5) is 10.1. The maximum absolute atomic E-state index is 11.1. The number of likely N-dealkylation sites (N-methyl/N-ethyl adjacent to an activating group) is 1. The molecule has 94 valence electrons. The number of hydrogen-bond donors (Lipinski definition) is 1. The van der Waals surface area contributed by atoms with E-state index in [4.69, 9.17) is 27.9 Å². The van der Waals surface area contributed by atoms with Gasteiger partial charge in [0.1, 0.15) is 13.1 Å². The Labute approximate surface area is 106 Å². The first-order valence-corrected chi connectivity index (χ1v) is 6.38. The molecule has 1 saturated heterocycles. The second kappa shape index (κ2) is 6.64. The molecule has 0 aromatic carbocycles. The molecule has 0 aliphatic carbocycles. The molecule has 1 aliphatic rings. The summed E-state index contributed by atoms with van der Waals surface area (Å²) in [5, 5.41) is 2.69. The number of quaternary nitrogens is 1. The zero-order valence-corrected chi connectivity index (χ0v) is 11.1. The van der Waals surface area contributed by atoms with E-state index in [1.54, 1.807) is 0 Å². The van der Waals surface area contributed by atoms with Crippen molar-refractivity contribution in [3.8, 4) is 0 Å². The maximum atomic E-state index is 11.1. The van der Waals surface area contributed by atoms with Crippen molar-refractivity contribution in [1.29, 1.82) is 0 Å². The van der Waals surface area contributed by atoms with Gasteiger partial charge in [0.15, 0.2) is 4.84 Å². The minimum absolute atomic E-state index is 0.312. The Morgan fingerprint density at radius 3 is 2.62 bits per heavy atom. The molecule has 0 atom stereocenters. The van der Waals surface area contributed by atoms with Crippen molar-refractivity contribution in [2.45, 2.75) is 11.3 Å². The van der Waals surface area contributed by atoms with Crippen LogP contribution in [0.25, 0.3) is 0 Å². The van der Waals surface area contributed by atoms with Crippen LogP contribution in [0.15, 0.2) is 0 Å². The Bertz CT molecular complexity index is 231. The largest absolute Gasteiger partial charge is 0.370 e. The van der Waals surface area contributed by atoms with Gasteiger partial charge in [-0.3, -0.25) is 4.79 Å². The number of hydrogen-bond acceptors (Lipinski definition) is 2. The highest BCUT2D eigenvalue weighted by molar-refractivity contribution is 6.53. The summed E-state index contributed by atoms with van der Waals surface area (Å²) in [7, 11) is 2.22. The van der Waals surface area contributed by atoms with Crippen LogP contribution in [0.2, 0.25) is 0 Å². The molecule has 1 aliphatic heterocycles. The molecule has 0 aromatic rings. The van der Waals surface area contributed by atoms with Crippen molar-refractivity contribution < 1.29 is 14.0 Å². The van der Waals surface area contributed by atoms with Gasteiger partial charge in [0.05, 0.1) is 26.8 Å². The first-order chi connectivity index (χ1) is 7.53. The van der Waals surface area contributed by atoms with Crippen molar-refractivity contribution in [3.05, 3.63) is 0 Å². The lowest BCUT2D eigenvalue weighted by Crippen LogP contribution is -2.52. The smallest absolute Gasteiger partial charge is 0.253 e. The fourth-order valence-corrected chi connectivity index (χ4v) is 1.91. The average molecular weight is 270 g/mol. The van der Waals surface area contributed by atoms with Gasteiger partial charge >= 0.3 is 0 Å². The number of carbonyl (C=O) groups is 1. The SMILES string of the molecule is C[N+]1(CCCNC(=O)C(Cl)Cl)CCOCC1. The van der Waals surface area contributed by atoms with Crippen LogP contribution in [0, 0.1) is 0 Å². The van der Waals surface area contributed by atoms with Crippen LogP contribution < -0.4 is 5.32 Å². The molecule has 1 rings (SSSR count). The topological polar surface area (TPSA) is 38.3 Å². The van der Waals surface area contributed by atoms with Crippen molar-refractivity contribution in [2.75, 3.05) is 46.4 Å². The lowest BCUT2D eigenvalue weighted by Gasteiger charge is -2.37. The molecule has 0 spiro atoms. The molecule has 0 unspecified atom stereocenters. The third-order valence-corrected chi connectivity index (χ3v) is 3.32. The first kappa shape index (κ1) is 14.0. The van der Waals surface area contributed by atoms with Gasteiger partial charge in [-0.1, -0.05) is 23.2 Å². The monoisotopic (exact) mass is 269 g/mol. The minimum Gasteiger partial charge on any atom is -0.370 e. The van der Waals surface area contributed by atoms with Gasteiger partial charge in [-0.2, -0.15) is 0 Å². The molecular weight excluding hydrogens is 251 g/mol. The van der Waals surface area contributed by atoms with Crippen molar-refractivity contribution in [3.63, 3.8) is 0 Å². The summed E-state index contributed by atoms with van der Waals surface area (Å²) in [6, 6.07) is 0. The van der Waals surface area contributed by atoms with E-state index in [2.05, 4.69) is 12.4 Å². The van der Waals surface area contributed by atoms with Gasteiger partial charge in [0.25, 0.3) is 5.91 Å². The van der Waals surface area contributed by atoms with E-state index in [1.165, 1.54) is 0 Å². The second-order valence-electron chi connectivity index (χ2n) is 4.35. The molecule has 1 heterocycles. The number of amides is 1. The predicted molar refractivity (Wildman–Crippen MR) is 64.7 cm³/mol. The van der Waals surface area contributed by atoms with Gasteiger partial charge < -0.3 is 14.5 Å². The number of morpholine rings is 1. The van der Waals surface area contributed by atoms with E-state index in [-0.39, 0.29) is 5.91 Å². The third-order valence-electron chi connectivity index (χ3n) is 2.92. The number of nitrogens with one attached hydrogen (secondary N) is 1. The van der Waals surface area contributed by atoms with Gasteiger partial charge in [0.2, 0.25) is 0 Å². The average Bonchev–Trinajstić information content (AvgIpc) is 2.25. The van der Waals surface area contributed by atoms with Crippen molar-refractivity contribution >= 4 is 29.1 Å². The zero-order valence-electron chi connectivity index (χ0n) is 9.55. The molecule has 4 nitrogen and oxygen atoms in total. The fraction of sp³-hybridized carbons (Fsp3) is 0.900. The molecule has 16 heavy (non-hydrogen) atoms. The predicted octanol–water partition coefficient (Wildman–Crippen LogP) is 0.773. The number of halogens is 2. The number of alkyl halides is 2. The Balaban J connectivity index is 2.12. The highest BCUT2D eigenvalue weighted by Gasteiger charge is 2.24. The third kappa shape index (κ3) is 4.87. The number of ether oxygens (including phenoxy) is 1.